The smallest absolute Gasteiger partial charge is 0.163 e. The highest BCUT2D eigenvalue weighted by molar-refractivity contribution is 4.70. The van der Waals surface area contributed by atoms with Crippen molar-refractivity contribution in [1.29, 1.82) is 0 Å². The van der Waals surface area contributed by atoms with Crippen molar-refractivity contribution in [3.8, 4) is 0 Å². The van der Waals surface area contributed by atoms with E-state index in [1.807, 2.05) is 13.8 Å². The first-order chi connectivity index (χ1) is 7.07. The van der Waals surface area contributed by atoms with Crippen molar-refractivity contribution in [2.24, 2.45) is 0 Å². The highest BCUT2D eigenvalue weighted by Crippen LogP contribution is 2.22. The Morgan fingerprint density at radius 3 is 2.47 bits per heavy atom. The Morgan fingerprint density at radius 2 is 2.00 bits per heavy atom. The molecule has 4 nitrogen and oxygen atoms in total. The number of rotatable bonds is 6. The quantitative estimate of drug-likeness (QED) is 0.630. The molecule has 1 fully saturated rings. The van der Waals surface area contributed by atoms with Crippen molar-refractivity contribution in [2.75, 3.05) is 33.0 Å². The van der Waals surface area contributed by atoms with Crippen molar-refractivity contribution >= 4 is 0 Å². The van der Waals surface area contributed by atoms with Gasteiger partial charge in [-0.2, -0.15) is 0 Å². The van der Waals surface area contributed by atoms with E-state index in [9.17, 15) is 0 Å². The molecule has 1 rings (SSSR count). The largest absolute Gasteiger partial charge is 0.363 e. The third kappa shape index (κ3) is 4.47. The van der Waals surface area contributed by atoms with Crippen LogP contribution in [0.3, 0.4) is 0 Å². The van der Waals surface area contributed by atoms with Gasteiger partial charge in [0.2, 0.25) is 0 Å². The summed E-state index contributed by atoms with van der Waals surface area (Å²) >= 11 is 0. The Balaban J connectivity index is 2.11. The molecule has 0 aliphatic carbocycles. The molecular weight excluding hydrogens is 194 g/mol. The Bertz CT molecular complexity index is 181. The fourth-order valence-electron chi connectivity index (χ4n) is 1.56. The van der Waals surface area contributed by atoms with Crippen LogP contribution in [0.25, 0.3) is 0 Å². The van der Waals surface area contributed by atoms with Crippen molar-refractivity contribution in [2.45, 2.75) is 39.6 Å². The van der Waals surface area contributed by atoms with E-state index in [0.29, 0.717) is 19.9 Å². The van der Waals surface area contributed by atoms with Crippen LogP contribution >= 0.6 is 0 Å². The van der Waals surface area contributed by atoms with Crippen LogP contribution in [0.4, 0.5) is 0 Å². The van der Waals surface area contributed by atoms with Crippen molar-refractivity contribution in [3.63, 3.8) is 0 Å². The first-order valence-corrected chi connectivity index (χ1v) is 5.69. The molecule has 90 valence electrons. The molecule has 0 radical (unpaired) electrons. The second-order valence-electron chi connectivity index (χ2n) is 4.25. The van der Waals surface area contributed by atoms with Crippen LogP contribution in [-0.2, 0) is 14.2 Å². The van der Waals surface area contributed by atoms with E-state index < -0.39 is 5.79 Å². The molecule has 1 saturated heterocycles. The standard InChI is InChI=1S/C11H23NO3/c1-5-12(6-2)9-13-7-10-8-14-11(3,4)15-10/h10H,5-9H2,1-4H3. The van der Waals surface area contributed by atoms with Gasteiger partial charge in [-0.25, -0.2) is 0 Å². The van der Waals surface area contributed by atoms with E-state index in [2.05, 4.69) is 18.7 Å². The van der Waals surface area contributed by atoms with Gasteiger partial charge in [-0.3, -0.25) is 4.90 Å². The number of hydrogen-bond donors (Lipinski definition) is 0. The minimum atomic E-state index is -0.441. The van der Waals surface area contributed by atoms with E-state index in [0.717, 1.165) is 13.1 Å². The van der Waals surface area contributed by atoms with Crippen LogP contribution in [0.2, 0.25) is 0 Å². The van der Waals surface area contributed by atoms with Crippen molar-refractivity contribution in [1.82, 2.24) is 4.90 Å². The molecule has 0 aromatic heterocycles. The molecule has 0 N–H and O–H groups in total. The molecule has 4 heteroatoms. The molecule has 1 atom stereocenters. The lowest BCUT2D eigenvalue weighted by Crippen LogP contribution is -2.29. The SMILES string of the molecule is CCN(CC)COCC1COC(C)(C)O1. The highest BCUT2D eigenvalue weighted by Gasteiger charge is 2.32. The van der Waals surface area contributed by atoms with Crippen molar-refractivity contribution < 1.29 is 14.2 Å². The van der Waals surface area contributed by atoms with E-state index in [4.69, 9.17) is 14.2 Å². The molecule has 0 bridgehead atoms. The fourth-order valence-corrected chi connectivity index (χ4v) is 1.56. The average Bonchev–Trinajstić information content (AvgIpc) is 2.53. The second kappa shape index (κ2) is 5.80. The molecule has 1 unspecified atom stereocenters. The van der Waals surface area contributed by atoms with E-state index in [1.165, 1.54) is 0 Å². The fraction of sp³-hybridized carbons (Fsp3) is 1.00. The van der Waals surface area contributed by atoms with Gasteiger partial charge in [0.15, 0.2) is 5.79 Å². The third-order valence-electron chi connectivity index (χ3n) is 2.54. The van der Waals surface area contributed by atoms with Crippen LogP contribution in [0, 0.1) is 0 Å². The predicted octanol–water partition coefficient (Wildman–Crippen LogP) is 1.45. The zero-order valence-corrected chi connectivity index (χ0v) is 10.3. The number of ether oxygens (including phenoxy) is 3. The summed E-state index contributed by atoms with van der Waals surface area (Å²) in [4.78, 5) is 2.22. The van der Waals surface area contributed by atoms with Gasteiger partial charge in [-0.1, -0.05) is 13.8 Å². The normalized spacial score (nSPS) is 25.0. The Hall–Kier alpha value is -0.160. The molecule has 0 saturated carbocycles. The number of nitrogens with zero attached hydrogens (tertiary/aromatic N) is 1. The lowest BCUT2D eigenvalue weighted by Gasteiger charge is -2.20. The second-order valence-corrected chi connectivity index (χ2v) is 4.25. The summed E-state index contributed by atoms with van der Waals surface area (Å²) in [5.74, 6) is -0.441. The molecule has 0 amide bonds. The van der Waals surface area contributed by atoms with Crippen LogP contribution in [0.1, 0.15) is 27.7 Å². The van der Waals surface area contributed by atoms with Gasteiger partial charge in [-0.15, -0.1) is 0 Å². The van der Waals surface area contributed by atoms with E-state index >= 15 is 0 Å². The summed E-state index contributed by atoms with van der Waals surface area (Å²) in [6, 6.07) is 0. The summed E-state index contributed by atoms with van der Waals surface area (Å²) in [5.41, 5.74) is 0. The monoisotopic (exact) mass is 217 g/mol. The van der Waals surface area contributed by atoms with Crippen LogP contribution in [-0.4, -0.2) is 49.8 Å². The summed E-state index contributed by atoms with van der Waals surface area (Å²) in [6.07, 6.45) is 0.0792. The Kier molecular flexibility index (Phi) is 4.99. The van der Waals surface area contributed by atoms with Gasteiger partial charge in [0, 0.05) is 0 Å². The highest BCUT2D eigenvalue weighted by atomic mass is 16.7. The summed E-state index contributed by atoms with van der Waals surface area (Å²) in [5, 5.41) is 0. The zero-order valence-electron chi connectivity index (χ0n) is 10.3. The summed E-state index contributed by atoms with van der Waals surface area (Å²) in [7, 11) is 0. The summed E-state index contributed by atoms with van der Waals surface area (Å²) in [6.45, 7) is 12.1. The Labute approximate surface area is 92.5 Å². The maximum atomic E-state index is 5.63. The van der Waals surface area contributed by atoms with Gasteiger partial charge >= 0.3 is 0 Å². The Morgan fingerprint density at radius 1 is 1.33 bits per heavy atom. The summed E-state index contributed by atoms with van der Waals surface area (Å²) < 4.78 is 16.7. The zero-order chi connectivity index (χ0) is 11.3. The number of hydrogen-bond acceptors (Lipinski definition) is 4. The van der Waals surface area contributed by atoms with E-state index in [-0.39, 0.29) is 6.10 Å². The molecule has 0 aromatic rings. The van der Waals surface area contributed by atoms with Crippen molar-refractivity contribution in [3.05, 3.63) is 0 Å². The van der Waals surface area contributed by atoms with Crippen LogP contribution < -0.4 is 0 Å². The lowest BCUT2D eigenvalue weighted by molar-refractivity contribution is -0.147. The first kappa shape index (κ1) is 12.9. The van der Waals surface area contributed by atoms with Gasteiger partial charge < -0.3 is 14.2 Å². The van der Waals surface area contributed by atoms with Gasteiger partial charge in [0.1, 0.15) is 6.10 Å². The topological polar surface area (TPSA) is 30.9 Å². The van der Waals surface area contributed by atoms with Gasteiger partial charge in [0.05, 0.1) is 19.9 Å². The minimum absolute atomic E-state index is 0.0792. The molecule has 15 heavy (non-hydrogen) atoms. The molecular formula is C11H23NO3. The van der Waals surface area contributed by atoms with Crippen LogP contribution in [0.15, 0.2) is 0 Å². The predicted molar refractivity (Wildman–Crippen MR) is 58.6 cm³/mol. The molecule has 0 aromatic carbocycles. The van der Waals surface area contributed by atoms with Crippen LogP contribution in [0.5, 0.6) is 0 Å². The lowest BCUT2D eigenvalue weighted by atomic mass is 10.4. The maximum absolute atomic E-state index is 5.63. The van der Waals surface area contributed by atoms with Gasteiger partial charge in [0.25, 0.3) is 0 Å². The molecule has 1 heterocycles. The average molecular weight is 217 g/mol. The molecule has 1 aliphatic rings. The third-order valence-corrected chi connectivity index (χ3v) is 2.54. The first-order valence-electron chi connectivity index (χ1n) is 5.69. The molecule has 1 aliphatic heterocycles. The maximum Gasteiger partial charge on any atom is 0.163 e. The van der Waals surface area contributed by atoms with Gasteiger partial charge in [-0.05, 0) is 26.9 Å². The van der Waals surface area contributed by atoms with E-state index in [1.54, 1.807) is 0 Å². The molecule has 0 spiro atoms. The minimum Gasteiger partial charge on any atom is -0.363 e.